The maximum absolute atomic E-state index is 8.62. The van der Waals surface area contributed by atoms with Gasteiger partial charge in [-0.05, 0) is 12.7 Å². The Labute approximate surface area is 67.4 Å². The number of aliphatic hydroxyl groups is 1. The quantitative estimate of drug-likeness (QED) is 0.566. The molecule has 0 rings (SSSR count). The fourth-order valence-corrected chi connectivity index (χ4v) is 1.14. The standard InChI is InChI=1S/C7H17NOS/c1-3-10-5-4-8-7(2)6-9/h7-9H,3-6H2,1-2H3/t7-/m0/s1. The molecule has 1 atom stereocenters. The predicted octanol–water partition coefficient (Wildman–Crippen LogP) is 0.710. The molecule has 62 valence electrons. The van der Waals surface area contributed by atoms with Crippen molar-refractivity contribution in [3.63, 3.8) is 0 Å². The Morgan fingerprint density at radius 1 is 1.60 bits per heavy atom. The van der Waals surface area contributed by atoms with Gasteiger partial charge in [0.15, 0.2) is 0 Å². The number of hydrogen-bond acceptors (Lipinski definition) is 3. The molecule has 0 radical (unpaired) electrons. The van der Waals surface area contributed by atoms with Crippen molar-refractivity contribution in [2.24, 2.45) is 0 Å². The summed E-state index contributed by atoms with van der Waals surface area (Å²) in [5.41, 5.74) is 0. The van der Waals surface area contributed by atoms with Gasteiger partial charge in [0.1, 0.15) is 0 Å². The minimum atomic E-state index is 0.233. The van der Waals surface area contributed by atoms with Gasteiger partial charge in [0.05, 0.1) is 6.61 Å². The second-order valence-electron chi connectivity index (χ2n) is 2.23. The largest absolute Gasteiger partial charge is 0.395 e. The van der Waals surface area contributed by atoms with E-state index < -0.39 is 0 Å². The summed E-state index contributed by atoms with van der Waals surface area (Å²) in [5.74, 6) is 2.32. The van der Waals surface area contributed by atoms with Crippen molar-refractivity contribution >= 4 is 11.8 Å². The minimum Gasteiger partial charge on any atom is -0.395 e. The lowest BCUT2D eigenvalue weighted by Crippen LogP contribution is -2.31. The average molecular weight is 163 g/mol. The molecule has 0 bridgehead atoms. The highest BCUT2D eigenvalue weighted by atomic mass is 32.2. The summed E-state index contributed by atoms with van der Waals surface area (Å²) < 4.78 is 0. The second-order valence-corrected chi connectivity index (χ2v) is 3.63. The molecular weight excluding hydrogens is 146 g/mol. The molecule has 0 spiro atoms. The average Bonchev–Trinajstić information content (AvgIpc) is 1.98. The van der Waals surface area contributed by atoms with E-state index in [0.29, 0.717) is 0 Å². The number of thioether (sulfide) groups is 1. The highest BCUT2D eigenvalue weighted by Crippen LogP contribution is 1.95. The molecule has 0 fully saturated rings. The molecule has 10 heavy (non-hydrogen) atoms. The molecule has 0 aliphatic rings. The van der Waals surface area contributed by atoms with Crippen molar-refractivity contribution in [2.75, 3.05) is 24.7 Å². The van der Waals surface area contributed by atoms with E-state index in [0.717, 1.165) is 12.3 Å². The van der Waals surface area contributed by atoms with E-state index in [-0.39, 0.29) is 12.6 Å². The second kappa shape index (κ2) is 7.38. The van der Waals surface area contributed by atoms with Gasteiger partial charge in [0, 0.05) is 18.3 Å². The van der Waals surface area contributed by atoms with Crippen LogP contribution in [0.3, 0.4) is 0 Å². The van der Waals surface area contributed by atoms with Crippen molar-refractivity contribution < 1.29 is 5.11 Å². The molecule has 0 aliphatic carbocycles. The zero-order valence-electron chi connectivity index (χ0n) is 6.76. The van der Waals surface area contributed by atoms with Crippen molar-refractivity contribution in [1.29, 1.82) is 0 Å². The van der Waals surface area contributed by atoms with Gasteiger partial charge in [-0.3, -0.25) is 0 Å². The molecule has 2 N–H and O–H groups in total. The Hall–Kier alpha value is 0.270. The first-order chi connectivity index (χ1) is 4.81. The van der Waals surface area contributed by atoms with Crippen LogP contribution in [0.25, 0.3) is 0 Å². The van der Waals surface area contributed by atoms with Gasteiger partial charge >= 0.3 is 0 Å². The molecule has 0 aromatic heterocycles. The monoisotopic (exact) mass is 163 g/mol. The number of aliphatic hydroxyl groups excluding tert-OH is 1. The van der Waals surface area contributed by atoms with E-state index in [1.54, 1.807) is 0 Å². The summed E-state index contributed by atoms with van der Waals surface area (Å²) in [5, 5.41) is 11.8. The summed E-state index contributed by atoms with van der Waals surface area (Å²) in [6, 6.07) is 0.248. The summed E-state index contributed by atoms with van der Waals surface area (Å²) >= 11 is 1.92. The van der Waals surface area contributed by atoms with Gasteiger partial charge in [-0.2, -0.15) is 11.8 Å². The lowest BCUT2D eigenvalue weighted by Gasteiger charge is -2.08. The van der Waals surface area contributed by atoms with E-state index >= 15 is 0 Å². The SMILES string of the molecule is CCSCCN[C@@H](C)CO. The van der Waals surface area contributed by atoms with Crippen LogP contribution >= 0.6 is 11.8 Å². The van der Waals surface area contributed by atoms with Crippen LogP contribution in [0.15, 0.2) is 0 Å². The molecular formula is C7H17NOS. The zero-order valence-corrected chi connectivity index (χ0v) is 7.58. The molecule has 0 aromatic rings. The van der Waals surface area contributed by atoms with Crippen molar-refractivity contribution in [3.05, 3.63) is 0 Å². The fraction of sp³-hybridized carbons (Fsp3) is 1.00. The van der Waals surface area contributed by atoms with Crippen LogP contribution in [0.1, 0.15) is 13.8 Å². The Morgan fingerprint density at radius 2 is 2.30 bits per heavy atom. The zero-order chi connectivity index (χ0) is 7.82. The molecule has 0 saturated carbocycles. The molecule has 0 unspecified atom stereocenters. The molecule has 0 aliphatic heterocycles. The summed E-state index contributed by atoms with van der Waals surface area (Å²) in [6.07, 6.45) is 0. The maximum atomic E-state index is 8.62. The smallest absolute Gasteiger partial charge is 0.0581 e. The van der Waals surface area contributed by atoms with Gasteiger partial charge in [0.2, 0.25) is 0 Å². The highest BCUT2D eigenvalue weighted by Gasteiger charge is 1.95. The first-order valence-electron chi connectivity index (χ1n) is 3.73. The Morgan fingerprint density at radius 3 is 2.80 bits per heavy atom. The third-order valence-corrected chi connectivity index (χ3v) is 2.12. The normalized spacial score (nSPS) is 13.5. The van der Waals surface area contributed by atoms with Crippen LogP contribution < -0.4 is 5.32 Å². The lowest BCUT2D eigenvalue weighted by atomic mass is 10.4. The third kappa shape index (κ3) is 6.39. The molecule has 3 heteroatoms. The molecule has 0 heterocycles. The number of hydrogen-bond donors (Lipinski definition) is 2. The molecule has 0 saturated heterocycles. The van der Waals surface area contributed by atoms with E-state index in [1.165, 1.54) is 5.75 Å². The predicted molar refractivity (Wildman–Crippen MR) is 47.5 cm³/mol. The van der Waals surface area contributed by atoms with Crippen LogP contribution in [0.4, 0.5) is 0 Å². The van der Waals surface area contributed by atoms with Crippen LogP contribution in [0.5, 0.6) is 0 Å². The summed E-state index contributed by atoms with van der Waals surface area (Å²) in [6.45, 7) is 5.37. The topological polar surface area (TPSA) is 32.3 Å². The van der Waals surface area contributed by atoms with Crippen molar-refractivity contribution in [2.45, 2.75) is 19.9 Å². The molecule has 2 nitrogen and oxygen atoms in total. The molecule has 0 aromatic carbocycles. The fourth-order valence-electron chi connectivity index (χ4n) is 0.586. The highest BCUT2D eigenvalue weighted by molar-refractivity contribution is 7.99. The molecule has 0 amide bonds. The number of rotatable bonds is 6. The van der Waals surface area contributed by atoms with Crippen LogP contribution in [-0.4, -0.2) is 35.8 Å². The third-order valence-electron chi connectivity index (χ3n) is 1.22. The Kier molecular flexibility index (Phi) is 7.58. The first-order valence-corrected chi connectivity index (χ1v) is 4.88. The lowest BCUT2D eigenvalue weighted by molar-refractivity contribution is 0.254. The van der Waals surface area contributed by atoms with Gasteiger partial charge in [-0.25, -0.2) is 0 Å². The van der Waals surface area contributed by atoms with E-state index in [9.17, 15) is 0 Å². The Balaban J connectivity index is 2.89. The van der Waals surface area contributed by atoms with Gasteiger partial charge < -0.3 is 10.4 Å². The van der Waals surface area contributed by atoms with E-state index in [1.807, 2.05) is 18.7 Å². The van der Waals surface area contributed by atoms with E-state index in [4.69, 9.17) is 5.11 Å². The minimum absolute atomic E-state index is 0.233. The first kappa shape index (κ1) is 10.3. The van der Waals surface area contributed by atoms with Gasteiger partial charge in [0.25, 0.3) is 0 Å². The van der Waals surface area contributed by atoms with Gasteiger partial charge in [-0.1, -0.05) is 6.92 Å². The van der Waals surface area contributed by atoms with Gasteiger partial charge in [-0.15, -0.1) is 0 Å². The van der Waals surface area contributed by atoms with E-state index in [2.05, 4.69) is 12.2 Å². The van der Waals surface area contributed by atoms with Crippen LogP contribution in [0, 0.1) is 0 Å². The number of nitrogens with one attached hydrogen (secondary N) is 1. The summed E-state index contributed by atoms with van der Waals surface area (Å²) in [4.78, 5) is 0. The summed E-state index contributed by atoms with van der Waals surface area (Å²) in [7, 11) is 0. The van der Waals surface area contributed by atoms with Crippen LogP contribution in [0.2, 0.25) is 0 Å². The Bertz CT molecular complexity index is 70.6. The van der Waals surface area contributed by atoms with Crippen LogP contribution in [-0.2, 0) is 0 Å². The van der Waals surface area contributed by atoms with Crippen molar-refractivity contribution in [1.82, 2.24) is 5.32 Å². The van der Waals surface area contributed by atoms with Crippen molar-refractivity contribution in [3.8, 4) is 0 Å². The maximum Gasteiger partial charge on any atom is 0.0581 e.